The molecule has 0 amide bonds. The van der Waals surface area contributed by atoms with Crippen LogP contribution in [-0.2, 0) is 28.6 Å². The predicted molar refractivity (Wildman–Crippen MR) is 357 cm³/mol. The Labute approximate surface area is 506 Å². The first kappa shape index (κ1) is 77.3. The third-order valence-corrected chi connectivity index (χ3v) is 14.0. The van der Waals surface area contributed by atoms with Crippen molar-refractivity contribution in [3.63, 3.8) is 0 Å². The van der Waals surface area contributed by atoms with Crippen molar-refractivity contribution < 1.29 is 28.6 Å². The highest BCUT2D eigenvalue weighted by molar-refractivity contribution is 5.71. The fourth-order valence-corrected chi connectivity index (χ4v) is 8.99. The lowest BCUT2D eigenvalue weighted by Gasteiger charge is -2.18. The number of rotatable bonds is 60. The van der Waals surface area contributed by atoms with Gasteiger partial charge in [0.05, 0.1) is 0 Å². The molecule has 0 bridgehead atoms. The van der Waals surface area contributed by atoms with Crippen LogP contribution in [0.2, 0.25) is 0 Å². The van der Waals surface area contributed by atoms with Crippen molar-refractivity contribution in [3.05, 3.63) is 146 Å². The zero-order chi connectivity index (χ0) is 59.2. The topological polar surface area (TPSA) is 78.9 Å². The Morgan fingerprint density at radius 2 is 0.476 bits per heavy atom. The number of allylic oxidation sites excluding steroid dienone is 24. The van der Waals surface area contributed by atoms with E-state index in [0.717, 1.165) is 128 Å². The Bertz CT molecular complexity index is 1780. The van der Waals surface area contributed by atoms with E-state index in [1.165, 1.54) is 122 Å². The average Bonchev–Trinajstić information content (AvgIpc) is 3.47. The van der Waals surface area contributed by atoms with Gasteiger partial charge in [-0.25, -0.2) is 0 Å². The molecule has 0 heterocycles. The summed E-state index contributed by atoms with van der Waals surface area (Å²) in [4.78, 5) is 38.3. The number of hydrogen-bond donors (Lipinski definition) is 0. The first-order valence-corrected chi connectivity index (χ1v) is 33.8. The molecule has 0 fully saturated rings. The summed E-state index contributed by atoms with van der Waals surface area (Å²) in [7, 11) is 0. The van der Waals surface area contributed by atoms with Gasteiger partial charge in [0.15, 0.2) is 6.10 Å². The van der Waals surface area contributed by atoms with Gasteiger partial charge in [0.1, 0.15) is 13.2 Å². The Kier molecular flexibility index (Phi) is 64.8. The molecule has 464 valence electrons. The molecule has 0 saturated heterocycles. The van der Waals surface area contributed by atoms with Crippen molar-refractivity contribution in [2.45, 2.75) is 303 Å². The maximum Gasteiger partial charge on any atom is 0.306 e. The van der Waals surface area contributed by atoms with Crippen molar-refractivity contribution in [1.29, 1.82) is 0 Å². The smallest absolute Gasteiger partial charge is 0.306 e. The Hall–Kier alpha value is -4.71. The highest BCUT2D eigenvalue weighted by Crippen LogP contribution is 2.15. The lowest BCUT2D eigenvalue weighted by Crippen LogP contribution is -2.30. The summed E-state index contributed by atoms with van der Waals surface area (Å²) in [5.41, 5.74) is 0. The Morgan fingerprint density at radius 3 is 0.805 bits per heavy atom. The van der Waals surface area contributed by atoms with E-state index in [1.54, 1.807) is 0 Å². The van der Waals surface area contributed by atoms with E-state index in [1.807, 2.05) is 0 Å². The van der Waals surface area contributed by atoms with Crippen LogP contribution in [0.1, 0.15) is 297 Å². The van der Waals surface area contributed by atoms with Crippen LogP contribution in [0, 0.1) is 0 Å². The molecule has 0 rings (SSSR count). The molecule has 0 spiro atoms. The molecule has 6 nitrogen and oxygen atoms in total. The van der Waals surface area contributed by atoms with E-state index >= 15 is 0 Å². The number of esters is 3. The maximum absolute atomic E-state index is 12.9. The fourth-order valence-electron chi connectivity index (χ4n) is 8.99. The minimum Gasteiger partial charge on any atom is -0.462 e. The average molecular weight is 1130 g/mol. The molecule has 1 unspecified atom stereocenters. The summed E-state index contributed by atoms with van der Waals surface area (Å²) in [6.45, 7) is 6.46. The van der Waals surface area contributed by atoms with Gasteiger partial charge in [-0.1, -0.05) is 276 Å². The van der Waals surface area contributed by atoms with E-state index in [-0.39, 0.29) is 31.1 Å². The highest BCUT2D eigenvalue weighted by Gasteiger charge is 2.19. The minimum atomic E-state index is -0.806. The van der Waals surface area contributed by atoms with Gasteiger partial charge in [-0.05, 0) is 148 Å². The first-order chi connectivity index (χ1) is 40.5. The van der Waals surface area contributed by atoms with Crippen LogP contribution in [0.15, 0.2) is 146 Å². The van der Waals surface area contributed by atoms with Crippen LogP contribution in [0.25, 0.3) is 0 Å². The molecule has 0 aliphatic heterocycles. The molecule has 6 heteroatoms. The summed E-state index contributed by atoms with van der Waals surface area (Å²) in [6.07, 6.45) is 98.6. The summed E-state index contributed by atoms with van der Waals surface area (Å²) in [6, 6.07) is 0. The van der Waals surface area contributed by atoms with E-state index in [9.17, 15) is 14.4 Å². The third kappa shape index (κ3) is 66.1. The molecule has 0 aromatic rings. The summed E-state index contributed by atoms with van der Waals surface area (Å²) >= 11 is 0. The molecule has 0 aliphatic rings. The second-order valence-corrected chi connectivity index (χ2v) is 22.0. The van der Waals surface area contributed by atoms with Crippen molar-refractivity contribution in [3.8, 4) is 0 Å². The summed E-state index contributed by atoms with van der Waals surface area (Å²) < 4.78 is 16.9. The lowest BCUT2D eigenvalue weighted by atomic mass is 10.1. The van der Waals surface area contributed by atoms with Crippen LogP contribution in [-0.4, -0.2) is 37.2 Å². The quantitative estimate of drug-likeness (QED) is 0.0261. The minimum absolute atomic E-state index is 0.100. The van der Waals surface area contributed by atoms with E-state index < -0.39 is 6.10 Å². The van der Waals surface area contributed by atoms with Gasteiger partial charge in [0.2, 0.25) is 0 Å². The van der Waals surface area contributed by atoms with Crippen LogP contribution >= 0.6 is 0 Å². The molecular formula is C76H124O6. The molecule has 0 aromatic heterocycles. The van der Waals surface area contributed by atoms with E-state index in [4.69, 9.17) is 14.2 Å². The Morgan fingerprint density at radius 1 is 0.256 bits per heavy atom. The van der Waals surface area contributed by atoms with Crippen LogP contribution < -0.4 is 0 Å². The number of hydrogen-bond acceptors (Lipinski definition) is 6. The standard InChI is InChI=1S/C76H124O6/c1-4-7-10-13-16-19-22-25-27-29-31-32-33-34-35-36-37-38-39-40-41-42-43-44-46-47-49-51-54-57-60-63-66-69-75(78)81-72-73(71-80-74(77)68-65-62-59-56-53-24-21-18-15-12-9-6-3)82-76(79)70-67-64-61-58-55-52-50-48-45-30-28-26-23-20-17-14-11-8-5-2/h7,10,16,18-19,21,25-28,31-32,34-35,37-38,40-41,43-44,47,49,54,57,73H,4-6,8-9,11-15,17,20,22-24,29-30,33,36,39,42,45-46,48,50-53,55-56,58-72H2,1-3H3/b10-7-,19-16-,21-18-,27-25-,28-26-,32-31-,35-34-,38-37-,41-40-,44-43-,49-47-,57-54-. The van der Waals surface area contributed by atoms with E-state index in [0.29, 0.717) is 25.7 Å². The van der Waals surface area contributed by atoms with E-state index in [2.05, 4.69) is 167 Å². The van der Waals surface area contributed by atoms with Crippen LogP contribution in [0.4, 0.5) is 0 Å². The highest BCUT2D eigenvalue weighted by atomic mass is 16.6. The lowest BCUT2D eigenvalue weighted by molar-refractivity contribution is -0.167. The molecule has 0 saturated carbocycles. The number of carbonyl (C=O) groups excluding carboxylic acids is 3. The summed E-state index contributed by atoms with van der Waals surface area (Å²) in [5, 5.41) is 0. The second-order valence-electron chi connectivity index (χ2n) is 22.0. The second kappa shape index (κ2) is 68.8. The molecule has 82 heavy (non-hydrogen) atoms. The van der Waals surface area contributed by atoms with Crippen molar-refractivity contribution in [2.24, 2.45) is 0 Å². The van der Waals surface area contributed by atoms with Crippen LogP contribution in [0.3, 0.4) is 0 Å². The molecule has 0 aliphatic carbocycles. The van der Waals surface area contributed by atoms with Gasteiger partial charge in [-0.2, -0.15) is 0 Å². The maximum atomic E-state index is 12.9. The van der Waals surface area contributed by atoms with Crippen molar-refractivity contribution in [1.82, 2.24) is 0 Å². The normalized spacial score (nSPS) is 13.1. The largest absolute Gasteiger partial charge is 0.462 e. The zero-order valence-corrected chi connectivity index (χ0v) is 53.2. The van der Waals surface area contributed by atoms with Gasteiger partial charge in [0.25, 0.3) is 0 Å². The number of unbranched alkanes of at least 4 members (excludes halogenated alkanes) is 25. The van der Waals surface area contributed by atoms with Crippen molar-refractivity contribution >= 4 is 17.9 Å². The van der Waals surface area contributed by atoms with Crippen LogP contribution in [0.5, 0.6) is 0 Å². The molecule has 1 atom stereocenters. The molecule has 0 aromatic carbocycles. The van der Waals surface area contributed by atoms with Gasteiger partial charge >= 0.3 is 17.9 Å². The van der Waals surface area contributed by atoms with Gasteiger partial charge in [-0.15, -0.1) is 0 Å². The molecule has 0 N–H and O–H groups in total. The van der Waals surface area contributed by atoms with Crippen molar-refractivity contribution in [2.75, 3.05) is 13.2 Å². The molecule has 0 radical (unpaired) electrons. The first-order valence-electron chi connectivity index (χ1n) is 33.8. The zero-order valence-electron chi connectivity index (χ0n) is 53.2. The Balaban J connectivity index is 4.38. The number of ether oxygens (including phenoxy) is 3. The number of carbonyl (C=O) groups is 3. The van der Waals surface area contributed by atoms with Gasteiger partial charge < -0.3 is 14.2 Å². The predicted octanol–water partition coefficient (Wildman–Crippen LogP) is 23.5. The van der Waals surface area contributed by atoms with Gasteiger partial charge in [0, 0.05) is 19.3 Å². The summed E-state index contributed by atoms with van der Waals surface area (Å²) in [5.74, 6) is -0.954. The SMILES string of the molecule is CC/C=C\C/C=C\C/C=C\C/C=C\C/C=C\C/C=C\C/C=C\C/C=C\C/C=C\C/C=C\CCCCC(=O)OCC(COC(=O)CCCCCCC/C=C\CCCCC)OC(=O)CCCCCCCCCCC/C=C\CCCCCCCC. The monoisotopic (exact) mass is 1130 g/mol. The third-order valence-electron chi connectivity index (χ3n) is 14.0. The fraction of sp³-hybridized carbons (Fsp3) is 0.645. The molecular weight excluding hydrogens is 1010 g/mol. The van der Waals surface area contributed by atoms with Gasteiger partial charge in [-0.3, -0.25) is 14.4 Å².